The van der Waals surface area contributed by atoms with Crippen LogP contribution in [0.25, 0.3) is 11.1 Å². The molecule has 2 rings (SSSR count). The van der Waals surface area contributed by atoms with Gasteiger partial charge in [-0.2, -0.15) is 0 Å². The van der Waals surface area contributed by atoms with Crippen LogP contribution in [0.3, 0.4) is 0 Å². The van der Waals surface area contributed by atoms with Crippen LogP contribution in [0, 0.1) is 0 Å². The van der Waals surface area contributed by atoms with Crippen molar-refractivity contribution in [2.24, 2.45) is 0 Å². The van der Waals surface area contributed by atoms with E-state index in [0.29, 0.717) is 41.2 Å². The number of carbonyl (C=O) groups is 1. The predicted octanol–water partition coefficient (Wildman–Crippen LogP) is 6.34. The van der Waals surface area contributed by atoms with Crippen molar-refractivity contribution in [2.75, 3.05) is 6.61 Å². The van der Waals surface area contributed by atoms with Gasteiger partial charge in [0.2, 0.25) is 0 Å². The van der Waals surface area contributed by atoms with Crippen LogP contribution in [0.1, 0.15) is 59.1 Å². The van der Waals surface area contributed by atoms with Crippen LogP contribution in [-0.2, 0) is 4.79 Å². The predicted molar refractivity (Wildman–Crippen MR) is 115 cm³/mol. The number of carboxylic acids is 1. The molecular formula is C24H29FO4. The Morgan fingerprint density at radius 1 is 1.28 bits per heavy atom. The lowest BCUT2D eigenvalue weighted by molar-refractivity contribution is -0.131. The zero-order valence-electron chi connectivity index (χ0n) is 17.9. The smallest absolute Gasteiger partial charge is 0.328 e. The van der Waals surface area contributed by atoms with E-state index >= 15 is 4.39 Å². The lowest BCUT2D eigenvalue weighted by Gasteiger charge is -2.31. The molecule has 29 heavy (non-hydrogen) atoms. The highest BCUT2D eigenvalue weighted by Gasteiger charge is 2.27. The Morgan fingerprint density at radius 3 is 2.55 bits per heavy atom. The van der Waals surface area contributed by atoms with Crippen molar-refractivity contribution in [3.8, 4) is 11.5 Å². The fraction of sp³-hybridized carbons (Fsp3) is 0.375. The number of hydrogen-bond donors (Lipinski definition) is 1. The second-order valence-electron chi connectivity index (χ2n) is 7.55. The first-order chi connectivity index (χ1) is 13.6. The third-order valence-electron chi connectivity index (χ3n) is 4.55. The van der Waals surface area contributed by atoms with E-state index in [1.54, 1.807) is 6.92 Å². The van der Waals surface area contributed by atoms with E-state index in [0.717, 1.165) is 17.2 Å². The van der Waals surface area contributed by atoms with Gasteiger partial charge in [-0.25, -0.2) is 9.18 Å². The van der Waals surface area contributed by atoms with Crippen LogP contribution in [0.15, 0.2) is 47.8 Å². The average Bonchev–Trinajstić information content (AvgIpc) is 2.60. The van der Waals surface area contributed by atoms with Crippen molar-refractivity contribution >= 4 is 17.1 Å². The van der Waals surface area contributed by atoms with E-state index in [1.807, 2.05) is 52.8 Å². The largest absolute Gasteiger partial charge is 0.493 e. The molecule has 5 heteroatoms. The van der Waals surface area contributed by atoms with Gasteiger partial charge in [0, 0.05) is 23.3 Å². The van der Waals surface area contributed by atoms with Gasteiger partial charge < -0.3 is 14.6 Å². The second kappa shape index (κ2) is 9.12. The summed E-state index contributed by atoms with van der Waals surface area (Å²) in [5.41, 5.74) is 3.17. The highest BCUT2D eigenvalue weighted by Crippen LogP contribution is 2.43. The molecule has 0 amide bonds. The number of halogens is 1. The third-order valence-corrected chi connectivity index (χ3v) is 4.55. The van der Waals surface area contributed by atoms with Gasteiger partial charge >= 0.3 is 5.97 Å². The first-order valence-corrected chi connectivity index (χ1v) is 9.76. The van der Waals surface area contributed by atoms with Crippen LogP contribution < -0.4 is 9.47 Å². The molecule has 156 valence electrons. The molecule has 0 aliphatic carbocycles. The topological polar surface area (TPSA) is 55.8 Å². The monoisotopic (exact) mass is 400 g/mol. The van der Waals surface area contributed by atoms with Gasteiger partial charge in [-0.1, -0.05) is 13.0 Å². The lowest BCUT2D eigenvalue weighted by atomic mass is 9.91. The maximum atomic E-state index is 15.0. The molecule has 0 spiro atoms. The molecule has 0 saturated carbocycles. The molecule has 1 aromatic rings. The van der Waals surface area contributed by atoms with E-state index in [9.17, 15) is 4.79 Å². The summed E-state index contributed by atoms with van der Waals surface area (Å²) in [4.78, 5) is 10.7. The van der Waals surface area contributed by atoms with E-state index in [1.165, 1.54) is 12.2 Å². The van der Waals surface area contributed by atoms with E-state index in [2.05, 4.69) is 0 Å². The molecule has 0 bridgehead atoms. The Kier molecular flexibility index (Phi) is 7.07. The van der Waals surface area contributed by atoms with Crippen molar-refractivity contribution in [3.05, 3.63) is 59.0 Å². The zero-order chi connectivity index (χ0) is 21.8. The van der Waals surface area contributed by atoms with Crippen molar-refractivity contribution in [2.45, 2.75) is 53.6 Å². The summed E-state index contributed by atoms with van der Waals surface area (Å²) in [6.45, 7) is 11.8. The summed E-state index contributed by atoms with van der Waals surface area (Å²) in [5.74, 6) is -0.209. The average molecular weight is 400 g/mol. The first-order valence-electron chi connectivity index (χ1n) is 9.76. The second-order valence-corrected chi connectivity index (χ2v) is 7.55. The number of aliphatic carboxylic acids is 1. The van der Waals surface area contributed by atoms with E-state index < -0.39 is 17.4 Å². The van der Waals surface area contributed by atoms with Gasteiger partial charge in [-0.05, 0) is 76.0 Å². The van der Waals surface area contributed by atoms with Crippen molar-refractivity contribution in [1.82, 2.24) is 0 Å². The maximum Gasteiger partial charge on any atom is 0.328 e. The first kappa shape index (κ1) is 22.5. The minimum Gasteiger partial charge on any atom is -0.493 e. The Morgan fingerprint density at radius 2 is 1.97 bits per heavy atom. The number of benzene rings is 1. The number of fused-ring (bicyclic) bond motifs is 1. The van der Waals surface area contributed by atoms with Gasteiger partial charge in [-0.15, -0.1) is 0 Å². The molecule has 0 aromatic heterocycles. The molecule has 0 atom stereocenters. The fourth-order valence-corrected chi connectivity index (χ4v) is 3.41. The van der Waals surface area contributed by atoms with E-state index in [-0.39, 0.29) is 0 Å². The van der Waals surface area contributed by atoms with Gasteiger partial charge in [0.1, 0.15) is 22.9 Å². The molecule has 0 unspecified atom stereocenters. The van der Waals surface area contributed by atoms with Crippen LogP contribution in [0.2, 0.25) is 0 Å². The summed E-state index contributed by atoms with van der Waals surface area (Å²) in [6.07, 6.45) is 6.28. The lowest BCUT2D eigenvalue weighted by Crippen LogP contribution is -2.28. The SMILES string of the molecule is CCOc1cc2c(cc1C(CC)=C(F)C=CC(C)=CC(=O)O)C(C)=CC(C)(C)O2. The molecule has 1 aromatic carbocycles. The third kappa shape index (κ3) is 5.59. The summed E-state index contributed by atoms with van der Waals surface area (Å²) in [6, 6.07) is 3.74. The molecular weight excluding hydrogens is 371 g/mol. The highest BCUT2D eigenvalue weighted by molar-refractivity contribution is 5.82. The number of allylic oxidation sites excluding steroid dienone is 6. The molecule has 0 saturated heterocycles. The molecule has 1 N–H and O–H groups in total. The number of hydrogen-bond acceptors (Lipinski definition) is 3. The summed E-state index contributed by atoms with van der Waals surface area (Å²) in [5, 5.41) is 8.80. The molecule has 1 aliphatic heterocycles. The summed E-state index contributed by atoms with van der Waals surface area (Å²) >= 11 is 0. The van der Waals surface area contributed by atoms with Crippen molar-refractivity contribution in [1.29, 1.82) is 0 Å². The highest BCUT2D eigenvalue weighted by atomic mass is 19.1. The van der Waals surface area contributed by atoms with Gasteiger partial charge in [-0.3, -0.25) is 0 Å². The molecule has 0 radical (unpaired) electrons. The van der Waals surface area contributed by atoms with E-state index in [4.69, 9.17) is 14.6 Å². The van der Waals surface area contributed by atoms with Crippen molar-refractivity contribution < 1.29 is 23.8 Å². The maximum absolute atomic E-state index is 15.0. The van der Waals surface area contributed by atoms with Gasteiger partial charge in [0.25, 0.3) is 0 Å². The summed E-state index contributed by atoms with van der Waals surface area (Å²) < 4.78 is 26.9. The van der Waals surface area contributed by atoms with Gasteiger partial charge in [0.05, 0.1) is 6.61 Å². The minimum atomic E-state index is -1.06. The Bertz CT molecular complexity index is 917. The quantitative estimate of drug-likeness (QED) is 0.429. The normalized spacial score (nSPS) is 16.7. The molecule has 1 aliphatic rings. The zero-order valence-corrected chi connectivity index (χ0v) is 17.9. The molecule has 4 nitrogen and oxygen atoms in total. The number of rotatable bonds is 7. The van der Waals surface area contributed by atoms with Crippen LogP contribution in [-0.4, -0.2) is 23.3 Å². The number of carboxylic acid groups (broad SMARTS) is 1. The Labute approximate surface area is 172 Å². The minimum absolute atomic E-state index is 0.423. The van der Waals surface area contributed by atoms with Crippen LogP contribution in [0.5, 0.6) is 11.5 Å². The molecule has 1 heterocycles. The number of ether oxygens (including phenoxy) is 2. The van der Waals surface area contributed by atoms with Crippen LogP contribution in [0.4, 0.5) is 4.39 Å². The fourth-order valence-electron chi connectivity index (χ4n) is 3.41. The standard InChI is InChI=1S/C24H29FO4/c1-7-17(20(25)10-9-15(3)11-23(26)27)19-12-18-16(4)14-24(5,6)29-22(18)13-21(19)28-8-2/h9-14H,7-8H2,1-6H3,(H,26,27). The summed E-state index contributed by atoms with van der Waals surface area (Å²) in [7, 11) is 0. The molecule has 0 fully saturated rings. The Balaban J connectivity index is 2.59. The Hall–Kier alpha value is -2.82. The van der Waals surface area contributed by atoms with Gasteiger partial charge in [0.15, 0.2) is 0 Å². The van der Waals surface area contributed by atoms with Crippen molar-refractivity contribution in [3.63, 3.8) is 0 Å². The van der Waals surface area contributed by atoms with Crippen LogP contribution >= 0.6 is 0 Å².